The summed E-state index contributed by atoms with van der Waals surface area (Å²) in [5.41, 5.74) is 0. The predicted molar refractivity (Wildman–Crippen MR) is 71.4 cm³/mol. The van der Waals surface area contributed by atoms with E-state index < -0.39 is 8.32 Å². The van der Waals surface area contributed by atoms with Gasteiger partial charge in [0, 0.05) is 5.92 Å². The first-order valence-corrected chi connectivity index (χ1v) is 9.39. The molecule has 1 fully saturated rings. The number of ether oxygens (including phenoxy) is 1. The van der Waals surface area contributed by atoms with Gasteiger partial charge in [-0.25, -0.2) is 4.79 Å². The van der Waals surface area contributed by atoms with Crippen molar-refractivity contribution in [2.24, 2.45) is 5.92 Å². The van der Waals surface area contributed by atoms with Crippen LogP contribution in [0.25, 0.3) is 0 Å². The van der Waals surface area contributed by atoms with Crippen molar-refractivity contribution >= 4 is 14.3 Å². The first-order chi connectivity index (χ1) is 7.60. The predicted octanol–water partition coefficient (Wildman–Crippen LogP) is 3.35. The molecule has 0 spiro atoms. The molecule has 0 saturated carbocycles. The van der Waals surface area contributed by atoms with Crippen molar-refractivity contribution in [3.63, 3.8) is 0 Å². The summed E-state index contributed by atoms with van der Waals surface area (Å²) in [6.45, 7) is 15.0. The zero-order chi connectivity index (χ0) is 13.4. The van der Waals surface area contributed by atoms with Gasteiger partial charge in [0.25, 0.3) is 0 Å². The molecule has 1 aliphatic rings. The zero-order valence-electron chi connectivity index (χ0n) is 12.2. The van der Waals surface area contributed by atoms with Gasteiger partial charge < -0.3 is 9.16 Å². The van der Waals surface area contributed by atoms with Gasteiger partial charge in [0.15, 0.2) is 8.32 Å². The van der Waals surface area contributed by atoms with E-state index in [1.807, 2.05) is 6.92 Å². The summed E-state index contributed by atoms with van der Waals surface area (Å²) >= 11 is 0. The van der Waals surface area contributed by atoms with Gasteiger partial charge in [-0.3, -0.25) is 0 Å². The Balaban J connectivity index is 2.79. The molecule has 100 valence electrons. The van der Waals surface area contributed by atoms with Gasteiger partial charge in [0.05, 0.1) is 0 Å². The molecule has 0 aromatic heterocycles. The molecule has 0 unspecified atom stereocenters. The van der Waals surface area contributed by atoms with Gasteiger partial charge in [-0.1, -0.05) is 34.6 Å². The van der Waals surface area contributed by atoms with Crippen molar-refractivity contribution in [3.8, 4) is 0 Å². The number of hydrogen-bond donors (Lipinski definition) is 0. The lowest BCUT2D eigenvalue weighted by Crippen LogP contribution is -2.46. The maximum atomic E-state index is 11.8. The Bertz CT molecular complexity index is 294. The molecule has 0 aromatic rings. The van der Waals surface area contributed by atoms with E-state index >= 15 is 0 Å². The third-order valence-corrected chi connectivity index (χ3v) is 8.65. The van der Waals surface area contributed by atoms with Gasteiger partial charge in [0.1, 0.15) is 12.2 Å². The fourth-order valence-corrected chi connectivity index (χ4v) is 3.14. The molecule has 1 saturated heterocycles. The largest absolute Gasteiger partial charge is 0.460 e. The minimum atomic E-state index is -1.90. The van der Waals surface area contributed by atoms with Gasteiger partial charge in [-0.05, 0) is 24.6 Å². The van der Waals surface area contributed by atoms with Gasteiger partial charge in [-0.15, -0.1) is 0 Å². The first-order valence-electron chi connectivity index (χ1n) is 6.48. The van der Waals surface area contributed by atoms with Crippen LogP contribution >= 0.6 is 0 Å². The van der Waals surface area contributed by atoms with Crippen molar-refractivity contribution in [1.29, 1.82) is 0 Å². The topological polar surface area (TPSA) is 35.5 Å². The summed E-state index contributed by atoms with van der Waals surface area (Å²) in [5, 5.41) is 0.122. The number of rotatable bonds is 3. The van der Waals surface area contributed by atoms with E-state index in [0.29, 0.717) is 0 Å². The summed E-state index contributed by atoms with van der Waals surface area (Å²) in [7, 11) is -1.90. The van der Waals surface area contributed by atoms with Gasteiger partial charge in [-0.2, -0.15) is 0 Å². The SMILES string of the molecule is CC[C@H]1OC(=O)[C@H](O[Si](C)(C)C(C)(C)C)[C@@H]1C. The van der Waals surface area contributed by atoms with Crippen LogP contribution < -0.4 is 0 Å². The highest BCUT2D eigenvalue weighted by atomic mass is 28.4. The third kappa shape index (κ3) is 2.91. The van der Waals surface area contributed by atoms with E-state index in [1.54, 1.807) is 0 Å². The van der Waals surface area contributed by atoms with Crippen LogP contribution in [0.1, 0.15) is 41.0 Å². The van der Waals surface area contributed by atoms with Crippen molar-refractivity contribution in [1.82, 2.24) is 0 Å². The van der Waals surface area contributed by atoms with Gasteiger partial charge >= 0.3 is 5.97 Å². The molecule has 4 heteroatoms. The molecule has 0 bridgehead atoms. The zero-order valence-corrected chi connectivity index (χ0v) is 13.2. The van der Waals surface area contributed by atoms with E-state index in [0.717, 1.165) is 6.42 Å². The summed E-state index contributed by atoms with van der Waals surface area (Å²) in [4.78, 5) is 11.8. The Morgan fingerprint density at radius 2 is 1.88 bits per heavy atom. The van der Waals surface area contributed by atoms with E-state index in [2.05, 4.69) is 40.8 Å². The number of carbonyl (C=O) groups is 1. The fraction of sp³-hybridized carbons (Fsp3) is 0.923. The first kappa shape index (κ1) is 14.7. The highest BCUT2D eigenvalue weighted by Gasteiger charge is 2.47. The number of esters is 1. The molecule has 3 nitrogen and oxygen atoms in total. The molecular formula is C13H26O3Si. The molecule has 1 rings (SSSR count). The van der Waals surface area contributed by atoms with Crippen LogP contribution in [0, 0.1) is 5.92 Å². The maximum Gasteiger partial charge on any atom is 0.334 e. The summed E-state index contributed by atoms with van der Waals surface area (Å²) in [5.74, 6) is -0.00389. The Kier molecular flexibility index (Phi) is 4.09. The van der Waals surface area contributed by atoms with Crippen molar-refractivity contribution in [2.75, 3.05) is 0 Å². The molecule has 0 radical (unpaired) electrons. The van der Waals surface area contributed by atoms with E-state index in [-0.39, 0.29) is 29.1 Å². The summed E-state index contributed by atoms with van der Waals surface area (Å²) < 4.78 is 11.5. The van der Waals surface area contributed by atoms with Crippen LogP contribution in [0.15, 0.2) is 0 Å². The molecular weight excluding hydrogens is 232 g/mol. The van der Waals surface area contributed by atoms with E-state index in [9.17, 15) is 4.79 Å². The third-order valence-electron chi connectivity index (χ3n) is 4.19. The van der Waals surface area contributed by atoms with Crippen LogP contribution in [0.4, 0.5) is 0 Å². The number of cyclic esters (lactones) is 1. The normalized spacial score (nSPS) is 30.5. The molecule has 0 N–H and O–H groups in total. The minimum Gasteiger partial charge on any atom is -0.460 e. The smallest absolute Gasteiger partial charge is 0.334 e. The molecule has 17 heavy (non-hydrogen) atoms. The Morgan fingerprint density at radius 1 is 1.35 bits per heavy atom. The lowest BCUT2D eigenvalue weighted by Gasteiger charge is -2.38. The Hall–Kier alpha value is -0.353. The monoisotopic (exact) mass is 258 g/mol. The quantitative estimate of drug-likeness (QED) is 0.575. The fourth-order valence-electron chi connectivity index (χ4n) is 1.84. The minimum absolute atomic E-state index is 0.0252. The highest BCUT2D eigenvalue weighted by molar-refractivity contribution is 6.74. The van der Waals surface area contributed by atoms with Crippen LogP contribution in [-0.4, -0.2) is 26.5 Å². The maximum absolute atomic E-state index is 11.8. The molecule has 0 amide bonds. The number of hydrogen-bond acceptors (Lipinski definition) is 3. The second-order valence-electron chi connectivity index (χ2n) is 6.54. The molecule has 1 heterocycles. The average molecular weight is 258 g/mol. The van der Waals surface area contributed by atoms with E-state index in [1.165, 1.54) is 0 Å². The van der Waals surface area contributed by atoms with Crippen LogP contribution in [0.3, 0.4) is 0 Å². The Morgan fingerprint density at radius 3 is 2.24 bits per heavy atom. The highest BCUT2D eigenvalue weighted by Crippen LogP contribution is 2.40. The van der Waals surface area contributed by atoms with Crippen molar-refractivity contribution < 1.29 is 14.0 Å². The van der Waals surface area contributed by atoms with Crippen molar-refractivity contribution in [2.45, 2.75) is 71.4 Å². The van der Waals surface area contributed by atoms with Crippen LogP contribution in [0.2, 0.25) is 18.1 Å². The van der Waals surface area contributed by atoms with Crippen molar-refractivity contribution in [3.05, 3.63) is 0 Å². The molecule has 1 aliphatic heterocycles. The lowest BCUT2D eigenvalue weighted by molar-refractivity contribution is -0.146. The molecule has 0 aliphatic carbocycles. The number of carbonyl (C=O) groups excluding carboxylic acids is 1. The van der Waals surface area contributed by atoms with Crippen LogP contribution in [0.5, 0.6) is 0 Å². The average Bonchev–Trinajstić information content (AvgIpc) is 2.43. The second kappa shape index (κ2) is 4.73. The Labute approximate surface area is 106 Å². The second-order valence-corrected chi connectivity index (χ2v) is 11.3. The lowest BCUT2D eigenvalue weighted by atomic mass is 10.00. The van der Waals surface area contributed by atoms with Crippen LogP contribution in [-0.2, 0) is 14.0 Å². The summed E-state index contributed by atoms with van der Waals surface area (Å²) in [6, 6.07) is 0. The van der Waals surface area contributed by atoms with Gasteiger partial charge in [0.2, 0.25) is 0 Å². The molecule has 3 atom stereocenters. The summed E-state index contributed by atoms with van der Waals surface area (Å²) in [6.07, 6.45) is 0.530. The van der Waals surface area contributed by atoms with E-state index in [4.69, 9.17) is 9.16 Å². The molecule has 0 aromatic carbocycles. The standard InChI is InChI=1S/C13H26O3Si/c1-8-10-9(2)11(12(14)15-10)16-17(6,7)13(3,4)5/h9-11H,8H2,1-7H3/t9-,10-,11-/m1/s1.